The van der Waals surface area contributed by atoms with E-state index < -0.39 is 0 Å². The average molecular weight is 413 g/mol. The molecule has 1 saturated heterocycles. The van der Waals surface area contributed by atoms with Gasteiger partial charge in [-0.25, -0.2) is 4.98 Å². The lowest BCUT2D eigenvalue weighted by Crippen LogP contribution is -2.51. The van der Waals surface area contributed by atoms with E-state index in [9.17, 15) is 4.79 Å². The van der Waals surface area contributed by atoms with E-state index in [4.69, 9.17) is 21.3 Å². The summed E-state index contributed by atoms with van der Waals surface area (Å²) in [7, 11) is 0. The zero-order valence-corrected chi connectivity index (χ0v) is 17.5. The second-order valence-corrected chi connectivity index (χ2v) is 9.38. The minimum absolute atomic E-state index is 0.205. The fraction of sp³-hybridized carbons (Fsp3) is 0.364. The number of halogens is 1. The molecule has 0 saturated carbocycles. The van der Waals surface area contributed by atoms with Gasteiger partial charge in [0.05, 0.1) is 22.2 Å². The quantitative estimate of drug-likeness (QED) is 0.524. The molecule has 3 aromatic rings. The van der Waals surface area contributed by atoms with E-state index in [1.54, 1.807) is 11.3 Å². The van der Waals surface area contributed by atoms with Crippen LogP contribution >= 0.6 is 22.9 Å². The van der Waals surface area contributed by atoms with Gasteiger partial charge in [0.1, 0.15) is 11.4 Å². The van der Waals surface area contributed by atoms with E-state index in [0.29, 0.717) is 6.42 Å². The number of rotatable bonds is 1. The topological polar surface area (TPSA) is 42.4 Å². The van der Waals surface area contributed by atoms with E-state index >= 15 is 0 Å². The first-order valence-corrected chi connectivity index (χ1v) is 10.8. The van der Waals surface area contributed by atoms with Gasteiger partial charge in [-0.1, -0.05) is 29.0 Å². The Hall–Kier alpha value is -2.11. The largest absolute Gasteiger partial charge is 0.486 e. The van der Waals surface area contributed by atoms with Crippen molar-refractivity contribution in [2.75, 3.05) is 18.0 Å². The maximum Gasteiger partial charge on any atom is 0.186 e. The number of aromatic nitrogens is 1. The van der Waals surface area contributed by atoms with Crippen molar-refractivity contribution in [1.29, 1.82) is 0 Å². The number of benzene rings is 2. The summed E-state index contributed by atoms with van der Waals surface area (Å²) in [4.78, 5) is 19.9. The van der Waals surface area contributed by atoms with Crippen molar-refractivity contribution in [2.45, 2.75) is 38.7 Å². The van der Waals surface area contributed by atoms with Gasteiger partial charge >= 0.3 is 0 Å². The molecular weight excluding hydrogens is 392 g/mol. The van der Waals surface area contributed by atoms with E-state index in [1.165, 1.54) is 0 Å². The summed E-state index contributed by atoms with van der Waals surface area (Å²) in [6.45, 7) is 5.72. The van der Waals surface area contributed by atoms with Crippen molar-refractivity contribution in [3.05, 3.63) is 52.0 Å². The summed E-state index contributed by atoms with van der Waals surface area (Å²) < 4.78 is 7.60. The third kappa shape index (κ3) is 2.97. The predicted molar refractivity (Wildman–Crippen MR) is 114 cm³/mol. The molecule has 3 heterocycles. The maximum atomic E-state index is 12.8. The smallest absolute Gasteiger partial charge is 0.186 e. The van der Waals surface area contributed by atoms with Crippen molar-refractivity contribution in [3.63, 3.8) is 0 Å². The normalized spacial score (nSPS) is 18.4. The molecule has 2 aliphatic heterocycles. The van der Waals surface area contributed by atoms with Crippen LogP contribution in [-0.4, -0.2) is 29.5 Å². The fourth-order valence-electron chi connectivity index (χ4n) is 4.34. The highest BCUT2D eigenvalue weighted by Crippen LogP contribution is 2.42. The number of carbonyl (C=O) groups is 1. The molecule has 144 valence electrons. The number of aryl methyl sites for hydroxylation is 2. The number of Topliss-reactive ketones (excluding diaryl/α,β-unsaturated/α-hetero) is 1. The number of anilines is 1. The van der Waals surface area contributed by atoms with Crippen LogP contribution < -0.4 is 9.64 Å². The standard InChI is InChI=1S/C22H21ClN2O2S/c1-13-9-14(2)20-16(10-13)18(26)12-22(27-20)5-7-25(8-6-22)21-24-17-4-3-15(23)11-19(17)28-21/h3-4,9-11H,5-8,12H2,1-2H3. The minimum atomic E-state index is -0.388. The molecule has 1 spiro atoms. The monoisotopic (exact) mass is 412 g/mol. The lowest BCUT2D eigenvalue weighted by atomic mass is 9.81. The highest BCUT2D eigenvalue weighted by Gasteiger charge is 2.43. The van der Waals surface area contributed by atoms with Crippen LogP contribution in [-0.2, 0) is 0 Å². The number of ether oxygens (including phenoxy) is 1. The van der Waals surface area contributed by atoms with Crippen LogP contribution in [0.2, 0.25) is 5.02 Å². The summed E-state index contributed by atoms with van der Waals surface area (Å²) in [6.07, 6.45) is 2.11. The molecule has 0 bridgehead atoms. The maximum absolute atomic E-state index is 12.8. The Morgan fingerprint density at radius 2 is 1.96 bits per heavy atom. The number of nitrogens with zero attached hydrogens (tertiary/aromatic N) is 2. The third-order valence-electron chi connectivity index (χ3n) is 5.81. The molecule has 28 heavy (non-hydrogen) atoms. The number of ketones is 1. The van der Waals surface area contributed by atoms with Crippen LogP contribution in [0.3, 0.4) is 0 Å². The summed E-state index contributed by atoms with van der Waals surface area (Å²) in [5.41, 5.74) is 3.49. The van der Waals surface area contributed by atoms with Gasteiger partial charge in [-0.2, -0.15) is 0 Å². The van der Waals surface area contributed by atoms with Crippen LogP contribution in [0.15, 0.2) is 30.3 Å². The van der Waals surface area contributed by atoms with Gasteiger partial charge in [-0.05, 0) is 49.2 Å². The molecule has 0 radical (unpaired) electrons. The zero-order valence-electron chi connectivity index (χ0n) is 15.9. The Labute approximate surface area is 173 Å². The number of fused-ring (bicyclic) bond motifs is 2. The first-order valence-electron chi connectivity index (χ1n) is 9.57. The molecule has 5 rings (SSSR count). The van der Waals surface area contributed by atoms with E-state index in [-0.39, 0.29) is 11.4 Å². The van der Waals surface area contributed by atoms with Crippen molar-refractivity contribution < 1.29 is 9.53 Å². The number of hydrogen-bond donors (Lipinski definition) is 0. The Morgan fingerprint density at radius 1 is 1.18 bits per heavy atom. The van der Waals surface area contributed by atoms with Crippen molar-refractivity contribution >= 4 is 44.1 Å². The SMILES string of the molecule is Cc1cc(C)c2c(c1)C(=O)CC1(CCN(c3nc4ccc(Cl)cc4s3)CC1)O2. The van der Waals surface area contributed by atoms with Crippen LogP contribution in [0, 0.1) is 13.8 Å². The molecule has 2 aromatic carbocycles. The predicted octanol–water partition coefficient (Wildman–Crippen LogP) is 5.57. The first-order chi connectivity index (χ1) is 13.4. The number of piperidine rings is 1. The van der Waals surface area contributed by atoms with Gasteiger partial charge in [-0.3, -0.25) is 4.79 Å². The Morgan fingerprint density at radius 3 is 2.75 bits per heavy atom. The number of thiazole rings is 1. The highest BCUT2D eigenvalue weighted by atomic mass is 35.5. The molecule has 4 nitrogen and oxygen atoms in total. The van der Waals surface area contributed by atoms with Gasteiger partial charge < -0.3 is 9.64 Å². The van der Waals surface area contributed by atoms with Crippen LogP contribution in [0.25, 0.3) is 10.2 Å². The van der Waals surface area contributed by atoms with Gasteiger partial charge in [-0.15, -0.1) is 0 Å². The first kappa shape index (κ1) is 18.0. The molecule has 0 aliphatic carbocycles. The van der Waals surface area contributed by atoms with E-state index in [1.807, 2.05) is 38.1 Å². The Kier molecular flexibility index (Phi) is 4.14. The summed E-state index contributed by atoms with van der Waals surface area (Å²) in [5.74, 6) is 0.987. The molecule has 0 amide bonds. The summed E-state index contributed by atoms with van der Waals surface area (Å²) in [5, 5.41) is 1.75. The Bertz CT molecular complexity index is 1100. The molecule has 6 heteroatoms. The summed E-state index contributed by atoms with van der Waals surface area (Å²) in [6, 6.07) is 9.86. The minimum Gasteiger partial charge on any atom is -0.486 e. The van der Waals surface area contributed by atoms with Gasteiger partial charge in [0, 0.05) is 31.0 Å². The fourth-order valence-corrected chi connectivity index (χ4v) is 5.64. The average Bonchev–Trinajstić information content (AvgIpc) is 3.06. The second-order valence-electron chi connectivity index (χ2n) is 7.94. The zero-order chi connectivity index (χ0) is 19.5. The number of hydrogen-bond acceptors (Lipinski definition) is 5. The van der Waals surface area contributed by atoms with Crippen molar-refractivity contribution in [1.82, 2.24) is 4.98 Å². The summed E-state index contributed by atoms with van der Waals surface area (Å²) >= 11 is 7.77. The van der Waals surface area contributed by atoms with Gasteiger partial charge in [0.2, 0.25) is 0 Å². The Balaban J connectivity index is 1.38. The molecule has 0 N–H and O–H groups in total. The highest BCUT2D eigenvalue weighted by molar-refractivity contribution is 7.22. The number of carbonyl (C=O) groups excluding carboxylic acids is 1. The van der Waals surface area contributed by atoms with Crippen molar-refractivity contribution in [2.24, 2.45) is 0 Å². The van der Waals surface area contributed by atoms with Crippen molar-refractivity contribution in [3.8, 4) is 5.75 Å². The second kappa shape index (κ2) is 6.46. The lowest BCUT2D eigenvalue weighted by molar-refractivity contribution is 0.0226. The van der Waals surface area contributed by atoms with Gasteiger partial charge in [0.15, 0.2) is 10.9 Å². The third-order valence-corrected chi connectivity index (χ3v) is 7.12. The molecule has 1 aromatic heterocycles. The van der Waals surface area contributed by atoms with E-state index in [0.717, 1.165) is 68.7 Å². The lowest BCUT2D eigenvalue weighted by Gasteiger charge is -2.44. The van der Waals surface area contributed by atoms with E-state index in [2.05, 4.69) is 11.0 Å². The van der Waals surface area contributed by atoms with Crippen LogP contribution in [0.4, 0.5) is 5.13 Å². The van der Waals surface area contributed by atoms with Gasteiger partial charge in [0.25, 0.3) is 0 Å². The molecule has 0 unspecified atom stereocenters. The van der Waals surface area contributed by atoms with Crippen LogP contribution in [0.1, 0.15) is 40.7 Å². The molecule has 0 atom stereocenters. The molecular formula is C22H21ClN2O2S. The molecule has 1 fully saturated rings. The molecule has 2 aliphatic rings. The van der Waals surface area contributed by atoms with Crippen LogP contribution in [0.5, 0.6) is 5.75 Å².